The predicted octanol–water partition coefficient (Wildman–Crippen LogP) is 8.86. The van der Waals surface area contributed by atoms with E-state index in [0.29, 0.717) is 6.08 Å². The van der Waals surface area contributed by atoms with Gasteiger partial charge in [0, 0.05) is 6.42 Å². The molecule has 0 saturated heterocycles. The van der Waals surface area contributed by atoms with Crippen molar-refractivity contribution in [1.29, 1.82) is 0 Å². The maximum Gasteiger partial charge on any atom is 0.460 e. The second kappa shape index (κ2) is 10.5. The van der Waals surface area contributed by atoms with Gasteiger partial charge in [0.15, 0.2) is 0 Å². The molecule has 0 rings (SSSR count). The Hall–Kier alpha value is -2.05. The maximum atomic E-state index is 13.7. The van der Waals surface area contributed by atoms with E-state index in [9.17, 15) is 110 Å². The smallest absolute Gasteiger partial charge is 0.393 e. The highest BCUT2D eigenvalue weighted by molar-refractivity contribution is 5.19. The molecule has 0 aliphatic rings. The predicted molar refractivity (Wildman–Crippen MR) is 85.9 cm³/mol. The van der Waals surface area contributed by atoms with Crippen molar-refractivity contribution < 1.29 is 115 Å². The molecule has 0 amide bonds. The minimum absolute atomic E-state index is 0.340. The number of aliphatic hydroxyl groups is 1. The fourth-order valence-corrected chi connectivity index (χ4v) is 2.68. The van der Waals surface area contributed by atoms with Gasteiger partial charge in [0.25, 0.3) is 0 Å². The molecule has 0 spiro atoms. The summed E-state index contributed by atoms with van der Waals surface area (Å²) in [5.74, 6) is -98.7. The van der Waals surface area contributed by atoms with Crippen molar-refractivity contribution in [2.24, 2.45) is 0 Å². The molecule has 1 unspecified atom stereocenters. The van der Waals surface area contributed by atoms with Gasteiger partial charge in [-0.25, -0.2) is 0 Å². The molecule has 0 aromatic carbocycles. The zero-order chi connectivity index (χ0) is 35.7. The molecule has 0 saturated carbocycles. The summed E-state index contributed by atoms with van der Waals surface area (Å²) < 4.78 is 333. The van der Waals surface area contributed by atoms with E-state index < -0.39 is 90.3 Å². The van der Waals surface area contributed by atoms with Crippen LogP contribution in [-0.4, -0.2) is 82.5 Å². The normalized spacial score (nSPS) is 17.3. The Kier molecular flexibility index (Phi) is 10.0. The van der Waals surface area contributed by atoms with Crippen molar-refractivity contribution in [2.45, 2.75) is 90.3 Å². The first-order valence-electron chi connectivity index (χ1n) is 9.72. The molecule has 258 valence electrons. The summed E-state index contributed by atoms with van der Waals surface area (Å²) in [5.41, 5.74) is 0. The Labute approximate surface area is 219 Å². The van der Waals surface area contributed by atoms with Crippen LogP contribution in [0.2, 0.25) is 0 Å². The molecule has 0 aromatic rings. The van der Waals surface area contributed by atoms with Crippen molar-refractivity contribution in [3.8, 4) is 0 Å². The number of halogens is 25. The Morgan fingerprint density at radius 3 is 0.814 bits per heavy atom. The lowest BCUT2D eigenvalue weighted by atomic mass is 9.84. The van der Waals surface area contributed by atoms with Crippen molar-refractivity contribution in [3.63, 3.8) is 0 Å². The maximum absolute atomic E-state index is 13.7. The first-order valence-corrected chi connectivity index (χ1v) is 9.72. The first-order chi connectivity index (χ1) is 18.2. The summed E-state index contributed by atoms with van der Waals surface area (Å²) in [7, 11) is 0. The molecule has 0 fully saturated rings. The van der Waals surface area contributed by atoms with E-state index in [2.05, 4.69) is 6.58 Å². The molecular formula is C17H9F25O. The summed E-state index contributed by atoms with van der Waals surface area (Å²) in [6.07, 6.45) is -15.3. The van der Waals surface area contributed by atoms with Crippen LogP contribution in [0.5, 0.6) is 0 Å². The van der Waals surface area contributed by atoms with E-state index in [0.717, 1.165) is 0 Å². The lowest BCUT2D eigenvalue weighted by Crippen LogP contribution is -2.78. The van der Waals surface area contributed by atoms with Crippen LogP contribution < -0.4 is 0 Å². The van der Waals surface area contributed by atoms with Gasteiger partial charge in [-0.3, -0.25) is 0 Å². The van der Waals surface area contributed by atoms with Gasteiger partial charge in [0.05, 0.1) is 6.10 Å². The second-order valence-electron chi connectivity index (χ2n) is 8.33. The summed E-state index contributed by atoms with van der Waals surface area (Å²) in [4.78, 5) is 0. The zero-order valence-corrected chi connectivity index (χ0v) is 19.2. The van der Waals surface area contributed by atoms with E-state index in [4.69, 9.17) is 5.11 Å². The molecule has 0 aliphatic heterocycles. The number of hydrogen-bond acceptors (Lipinski definition) is 1. The molecule has 1 N–H and O–H groups in total. The van der Waals surface area contributed by atoms with Crippen LogP contribution in [-0.2, 0) is 0 Å². The van der Waals surface area contributed by atoms with Gasteiger partial charge >= 0.3 is 71.3 Å². The van der Waals surface area contributed by atoms with Crippen LogP contribution in [0.3, 0.4) is 0 Å². The second-order valence-corrected chi connectivity index (χ2v) is 8.33. The lowest BCUT2D eigenvalue weighted by Gasteiger charge is -2.45. The topological polar surface area (TPSA) is 20.2 Å². The first kappa shape index (κ1) is 40.9. The highest BCUT2D eigenvalue weighted by Gasteiger charge is 2.99. The molecule has 0 bridgehead atoms. The van der Waals surface area contributed by atoms with Gasteiger partial charge in [-0.1, -0.05) is 6.08 Å². The molecule has 0 radical (unpaired) electrons. The third kappa shape index (κ3) is 5.22. The minimum atomic E-state index is -9.62. The highest BCUT2D eigenvalue weighted by Crippen LogP contribution is 2.67. The van der Waals surface area contributed by atoms with Crippen LogP contribution >= 0.6 is 0 Å². The zero-order valence-electron chi connectivity index (χ0n) is 19.2. The molecule has 1 atom stereocenters. The average molecular weight is 704 g/mol. The van der Waals surface area contributed by atoms with Crippen LogP contribution in [0.15, 0.2) is 12.7 Å². The van der Waals surface area contributed by atoms with Gasteiger partial charge in [0.1, 0.15) is 0 Å². The van der Waals surface area contributed by atoms with Gasteiger partial charge in [0.2, 0.25) is 0 Å². The highest BCUT2D eigenvalue weighted by atomic mass is 19.4. The van der Waals surface area contributed by atoms with Crippen molar-refractivity contribution in [2.75, 3.05) is 0 Å². The summed E-state index contributed by atoms with van der Waals surface area (Å²) >= 11 is 0. The van der Waals surface area contributed by atoms with E-state index in [1.54, 1.807) is 0 Å². The standard InChI is InChI=1S/C17H9F25O/c1-2-3-5(43)4-6(18,19)7(20,21)8(22,23)9(24,25)10(26,27)11(28,29)12(30,31)13(32,33)14(34,35)15(36,37)16(38,39)17(40,41)42/h2,5,43H,1,3-4H2. The summed E-state index contributed by atoms with van der Waals surface area (Å²) in [5, 5.41) is 8.93. The van der Waals surface area contributed by atoms with Crippen LogP contribution in [0, 0.1) is 0 Å². The van der Waals surface area contributed by atoms with Crippen LogP contribution in [0.1, 0.15) is 12.8 Å². The van der Waals surface area contributed by atoms with E-state index in [1.165, 1.54) is 0 Å². The molecule has 1 nitrogen and oxygen atoms in total. The van der Waals surface area contributed by atoms with Gasteiger partial charge in [-0.2, -0.15) is 110 Å². The Balaban J connectivity index is 7.27. The lowest BCUT2D eigenvalue weighted by molar-refractivity contribution is -0.482. The summed E-state index contributed by atoms with van der Waals surface area (Å²) in [6.45, 7) is 2.67. The molecule has 0 aromatic heterocycles. The van der Waals surface area contributed by atoms with Gasteiger partial charge in [-0.15, -0.1) is 6.58 Å². The number of rotatable bonds is 14. The Morgan fingerprint density at radius 2 is 0.605 bits per heavy atom. The minimum Gasteiger partial charge on any atom is -0.393 e. The molecule has 0 aliphatic carbocycles. The van der Waals surface area contributed by atoms with E-state index in [1.807, 2.05) is 0 Å². The quantitative estimate of drug-likeness (QED) is 0.142. The number of alkyl halides is 25. The molecular weight excluding hydrogens is 695 g/mol. The fraction of sp³-hybridized carbons (Fsp3) is 0.882. The Morgan fingerprint density at radius 1 is 0.395 bits per heavy atom. The largest absolute Gasteiger partial charge is 0.460 e. The SMILES string of the molecule is C=CCC(O)CC(F)(F)C(F)(F)C(F)(F)C(F)(F)C(F)(F)C(F)(F)C(F)(F)C(F)(F)C(F)(F)C(F)(F)C(F)(F)C(F)(F)F. The van der Waals surface area contributed by atoms with Gasteiger partial charge in [-0.05, 0) is 6.42 Å². The monoisotopic (exact) mass is 704 g/mol. The van der Waals surface area contributed by atoms with Crippen molar-refractivity contribution in [3.05, 3.63) is 12.7 Å². The van der Waals surface area contributed by atoms with Crippen LogP contribution in [0.4, 0.5) is 110 Å². The Bertz CT molecular complexity index is 1000. The third-order valence-electron chi connectivity index (χ3n) is 5.30. The molecule has 0 heterocycles. The molecule has 43 heavy (non-hydrogen) atoms. The van der Waals surface area contributed by atoms with E-state index >= 15 is 0 Å². The summed E-state index contributed by atoms with van der Waals surface area (Å²) in [6, 6.07) is 0. The van der Waals surface area contributed by atoms with Crippen molar-refractivity contribution >= 4 is 0 Å². The van der Waals surface area contributed by atoms with Gasteiger partial charge < -0.3 is 5.11 Å². The third-order valence-corrected chi connectivity index (χ3v) is 5.30. The fourth-order valence-electron chi connectivity index (χ4n) is 2.68. The molecule has 26 heteroatoms. The number of hydrogen-bond donors (Lipinski definition) is 1. The van der Waals surface area contributed by atoms with Crippen molar-refractivity contribution in [1.82, 2.24) is 0 Å². The van der Waals surface area contributed by atoms with Crippen LogP contribution in [0.25, 0.3) is 0 Å². The average Bonchev–Trinajstić information content (AvgIpc) is 2.76. The van der Waals surface area contributed by atoms with E-state index in [-0.39, 0.29) is 0 Å². The number of aliphatic hydroxyl groups excluding tert-OH is 1.